The fourth-order valence-electron chi connectivity index (χ4n) is 1.08. The molecule has 18 heavy (non-hydrogen) atoms. The highest BCUT2D eigenvalue weighted by Crippen LogP contribution is 2.25. The lowest BCUT2D eigenvalue weighted by molar-refractivity contribution is -0.125. The van der Waals surface area contributed by atoms with E-state index < -0.39 is 10.8 Å². The van der Waals surface area contributed by atoms with Crippen LogP contribution in [0.3, 0.4) is 0 Å². The molecule has 4 heteroatoms. The van der Waals surface area contributed by atoms with E-state index in [4.69, 9.17) is 9.47 Å². The van der Waals surface area contributed by atoms with Gasteiger partial charge in [0.05, 0.1) is 25.2 Å². The van der Waals surface area contributed by atoms with Crippen molar-refractivity contribution in [1.82, 2.24) is 0 Å². The van der Waals surface area contributed by atoms with Crippen LogP contribution in [0.4, 0.5) is 0 Å². The number of aliphatic hydroxyl groups is 1. The van der Waals surface area contributed by atoms with E-state index in [9.17, 15) is 9.90 Å². The first kappa shape index (κ1) is 17.1. The molecule has 0 unspecified atom stereocenters. The Bertz CT molecular complexity index is 297. The maximum atomic E-state index is 12.0. The highest BCUT2D eigenvalue weighted by atomic mass is 16.5. The summed E-state index contributed by atoms with van der Waals surface area (Å²) in [5, 5.41) is 9.81. The second-order valence-corrected chi connectivity index (χ2v) is 6.07. The molecule has 0 saturated heterocycles. The van der Waals surface area contributed by atoms with Crippen LogP contribution in [-0.2, 0) is 14.3 Å². The predicted molar refractivity (Wildman–Crippen MR) is 71.6 cm³/mol. The first-order valence-corrected chi connectivity index (χ1v) is 6.13. The third-order valence-corrected chi connectivity index (χ3v) is 2.60. The fraction of sp³-hybridized carbons (Fsp3) is 0.786. The minimum atomic E-state index is -0.646. The monoisotopic (exact) mass is 258 g/mol. The lowest BCUT2D eigenvalue weighted by atomic mass is 9.85. The van der Waals surface area contributed by atoms with Crippen LogP contribution in [0.2, 0.25) is 0 Å². The molecule has 4 nitrogen and oxygen atoms in total. The molecule has 0 aromatic carbocycles. The molecule has 0 aliphatic heterocycles. The van der Waals surface area contributed by atoms with Crippen LogP contribution in [0.5, 0.6) is 0 Å². The Morgan fingerprint density at radius 2 is 1.72 bits per heavy atom. The summed E-state index contributed by atoms with van der Waals surface area (Å²) < 4.78 is 10.2. The van der Waals surface area contributed by atoms with Gasteiger partial charge in [0.2, 0.25) is 0 Å². The molecule has 0 aromatic rings. The van der Waals surface area contributed by atoms with Crippen LogP contribution in [0.25, 0.3) is 0 Å². The van der Waals surface area contributed by atoms with Gasteiger partial charge in [-0.25, -0.2) is 0 Å². The van der Waals surface area contributed by atoms with Crippen molar-refractivity contribution < 1.29 is 19.4 Å². The molecular weight excluding hydrogens is 232 g/mol. The van der Waals surface area contributed by atoms with E-state index in [1.807, 2.05) is 20.8 Å². The predicted octanol–water partition coefficient (Wildman–Crippen LogP) is 2.73. The van der Waals surface area contributed by atoms with Gasteiger partial charge in [-0.15, -0.1) is 0 Å². The maximum absolute atomic E-state index is 12.0. The fourth-order valence-corrected chi connectivity index (χ4v) is 1.08. The average Bonchev–Trinajstić information content (AvgIpc) is 2.23. The van der Waals surface area contributed by atoms with Crippen molar-refractivity contribution in [1.29, 1.82) is 0 Å². The molecule has 0 spiro atoms. The topological polar surface area (TPSA) is 55.8 Å². The molecular formula is C14H26O4. The molecule has 0 aromatic heterocycles. The van der Waals surface area contributed by atoms with E-state index in [1.54, 1.807) is 21.0 Å². The maximum Gasteiger partial charge on any atom is 0.166 e. The van der Waals surface area contributed by atoms with Crippen molar-refractivity contribution in [2.45, 2.75) is 34.6 Å². The summed E-state index contributed by atoms with van der Waals surface area (Å²) in [4.78, 5) is 12.0. The number of aliphatic hydroxyl groups excluding tert-OH is 1. The van der Waals surface area contributed by atoms with Gasteiger partial charge in [-0.2, -0.15) is 0 Å². The van der Waals surface area contributed by atoms with E-state index >= 15 is 0 Å². The summed E-state index contributed by atoms with van der Waals surface area (Å²) in [5.74, 6) is -0.0372. The van der Waals surface area contributed by atoms with Crippen molar-refractivity contribution in [3.63, 3.8) is 0 Å². The molecule has 1 N–H and O–H groups in total. The third kappa shape index (κ3) is 6.17. The van der Waals surface area contributed by atoms with Gasteiger partial charge in [0, 0.05) is 18.6 Å². The van der Waals surface area contributed by atoms with Crippen LogP contribution in [0.15, 0.2) is 11.8 Å². The summed E-state index contributed by atoms with van der Waals surface area (Å²) in [6, 6.07) is 0. The van der Waals surface area contributed by atoms with E-state index in [-0.39, 0.29) is 11.5 Å². The SMILES string of the molecule is COCCOCC(C)(C)C(=O)C=C(O)C(C)(C)C. The molecule has 0 amide bonds. The van der Waals surface area contributed by atoms with E-state index in [1.165, 1.54) is 6.08 Å². The number of ketones is 1. The average molecular weight is 258 g/mol. The minimum absolute atomic E-state index is 0.0949. The van der Waals surface area contributed by atoms with E-state index in [0.29, 0.717) is 19.8 Å². The number of hydrogen-bond donors (Lipinski definition) is 1. The van der Waals surface area contributed by atoms with Crippen LogP contribution in [-0.4, -0.2) is 37.8 Å². The Kier molecular flexibility index (Phi) is 6.57. The van der Waals surface area contributed by atoms with Gasteiger partial charge >= 0.3 is 0 Å². The Balaban J connectivity index is 4.47. The summed E-state index contributed by atoms with van der Waals surface area (Å²) in [7, 11) is 1.60. The zero-order valence-corrected chi connectivity index (χ0v) is 12.4. The molecule has 0 rings (SSSR count). The summed E-state index contributed by atoms with van der Waals surface area (Å²) in [5.41, 5.74) is -1.06. The van der Waals surface area contributed by atoms with Gasteiger partial charge < -0.3 is 14.6 Å². The van der Waals surface area contributed by atoms with Gasteiger partial charge in [-0.3, -0.25) is 4.79 Å². The number of carbonyl (C=O) groups excluding carboxylic acids is 1. The normalized spacial score (nSPS) is 13.8. The Morgan fingerprint density at radius 3 is 2.17 bits per heavy atom. The standard InChI is InChI=1S/C14H26O4/c1-13(2,3)11(15)9-12(16)14(4,5)10-18-8-7-17-6/h9,15H,7-8,10H2,1-6H3. The van der Waals surface area contributed by atoms with Crippen LogP contribution < -0.4 is 0 Å². The van der Waals surface area contributed by atoms with Crippen molar-refractivity contribution in [2.24, 2.45) is 10.8 Å². The number of rotatable bonds is 7. The second-order valence-electron chi connectivity index (χ2n) is 6.07. The summed E-state index contributed by atoms with van der Waals surface area (Å²) in [6.07, 6.45) is 1.31. The molecule has 0 bridgehead atoms. The van der Waals surface area contributed by atoms with Gasteiger partial charge in [-0.05, 0) is 0 Å². The molecule has 0 fully saturated rings. The number of methoxy groups -OCH3 is 1. The van der Waals surface area contributed by atoms with E-state index in [0.717, 1.165) is 0 Å². The smallest absolute Gasteiger partial charge is 0.166 e. The first-order valence-electron chi connectivity index (χ1n) is 6.13. The highest BCUT2D eigenvalue weighted by molar-refractivity contribution is 5.94. The van der Waals surface area contributed by atoms with Crippen LogP contribution in [0, 0.1) is 10.8 Å². The number of hydrogen-bond acceptors (Lipinski definition) is 4. The number of carbonyl (C=O) groups is 1. The number of allylic oxidation sites excluding steroid dienone is 2. The zero-order valence-electron chi connectivity index (χ0n) is 12.4. The van der Waals surface area contributed by atoms with E-state index in [2.05, 4.69) is 0 Å². The molecule has 0 aliphatic rings. The van der Waals surface area contributed by atoms with Crippen molar-refractivity contribution in [3.05, 3.63) is 11.8 Å². The Labute approximate surface area is 110 Å². The zero-order chi connectivity index (χ0) is 14.4. The second kappa shape index (κ2) is 6.90. The van der Waals surface area contributed by atoms with Crippen molar-refractivity contribution in [3.8, 4) is 0 Å². The summed E-state index contributed by atoms with van der Waals surface area (Å²) in [6.45, 7) is 10.4. The van der Waals surface area contributed by atoms with Crippen LogP contribution in [0.1, 0.15) is 34.6 Å². The Hall–Kier alpha value is -0.870. The van der Waals surface area contributed by atoms with Crippen molar-refractivity contribution >= 4 is 5.78 Å². The first-order chi connectivity index (χ1) is 8.11. The van der Waals surface area contributed by atoms with Crippen molar-refractivity contribution in [2.75, 3.05) is 26.9 Å². The Morgan fingerprint density at radius 1 is 1.17 bits per heavy atom. The molecule has 0 aliphatic carbocycles. The summed E-state index contributed by atoms with van der Waals surface area (Å²) >= 11 is 0. The lowest BCUT2D eigenvalue weighted by Gasteiger charge is -2.23. The number of ether oxygens (including phenoxy) is 2. The lowest BCUT2D eigenvalue weighted by Crippen LogP contribution is -2.30. The van der Waals surface area contributed by atoms with Gasteiger partial charge in [-0.1, -0.05) is 34.6 Å². The molecule has 0 atom stereocenters. The van der Waals surface area contributed by atoms with Gasteiger partial charge in [0.1, 0.15) is 5.76 Å². The molecule has 0 saturated carbocycles. The molecule has 0 heterocycles. The van der Waals surface area contributed by atoms with Crippen LogP contribution >= 0.6 is 0 Å². The minimum Gasteiger partial charge on any atom is -0.512 e. The van der Waals surface area contributed by atoms with Gasteiger partial charge in [0.15, 0.2) is 5.78 Å². The quantitative estimate of drug-likeness (QED) is 0.433. The van der Waals surface area contributed by atoms with Gasteiger partial charge in [0.25, 0.3) is 0 Å². The molecule has 0 radical (unpaired) electrons. The highest BCUT2D eigenvalue weighted by Gasteiger charge is 2.28. The largest absolute Gasteiger partial charge is 0.512 e. The molecule has 106 valence electrons. The third-order valence-electron chi connectivity index (χ3n) is 2.60.